The van der Waals surface area contributed by atoms with E-state index in [-0.39, 0.29) is 11.9 Å². The third kappa shape index (κ3) is 3.29. The number of carbonyl (C=O) groups is 1. The van der Waals surface area contributed by atoms with Crippen LogP contribution in [0.4, 0.5) is 5.69 Å². The first-order chi connectivity index (χ1) is 8.49. The predicted molar refractivity (Wildman–Crippen MR) is 71.3 cm³/mol. The molecule has 0 saturated carbocycles. The Morgan fingerprint density at radius 3 is 2.44 bits per heavy atom. The number of benzene rings is 1. The van der Waals surface area contributed by atoms with E-state index >= 15 is 0 Å². The van der Waals surface area contributed by atoms with Crippen LogP contribution in [-0.4, -0.2) is 45.2 Å². The fourth-order valence-corrected chi connectivity index (χ4v) is 1.60. The Hall–Kier alpha value is -1.91. The number of hydrogen-bond acceptors (Lipinski definition) is 4. The number of hydrogen-bond donors (Lipinski definition) is 1. The highest BCUT2D eigenvalue weighted by atomic mass is 16.5. The van der Waals surface area contributed by atoms with Gasteiger partial charge in [0.15, 0.2) is 0 Å². The smallest absolute Gasteiger partial charge is 0.244 e. The zero-order valence-corrected chi connectivity index (χ0v) is 11.5. The topological polar surface area (TPSA) is 50.8 Å². The van der Waals surface area contributed by atoms with Crippen molar-refractivity contribution in [3.05, 3.63) is 18.2 Å². The number of anilines is 1. The number of methoxy groups -OCH3 is 2. The van der Waals surface area contributed by atoms with Gasteiger partial charge in [-0.1, -0.05) is 0 Å². The van der Waals surface area contributed by atoms with Crippen molar-refractivity contribution < 1.29 is 14.3 Å². The second kappa shape index (κ2) is 6.14. The Morgan fingerprint density at radius 1 is 1.28 bits per heavy atom. The maximum atomic E-state index is 11.8. The maximum Gasteiger partial charge on any atom is 0.244 e. The van der Waals surface area contributed by atoms with Crippen molar-refractivity contribution in [3.8, 4) is 11.5 Å². The number of nitrogens with zero attached hydrogens (tertiary/aromatic N) is 1. The van der Waals surface area contributed by atoms with Crippen molar-refractivity contribution in [3.63, 3.8) is 0 Å². The van der Waals surface area contributed by atoms with Crippen LogP contribution in [-0.2, 0) is 4.79 Å². The number of ether oxygens (including phenoxy) is 2. The molecule has 0 aromatic heterocycles. The molecule has 1 amide bonds. The lowest BCUT2D eigenvalue weighted by Gasteiger charge is -2.20. The molecule has 5 heteroatoms. The van der Waals surface area contributed by atoms with Gasteiger partial charge in [-0.2, -0.15) is 0 Å². The van der Waals surface area contributed by atoms with Crippen LogP contribution in [0.1, 0.15) is 6.92 Å². The predicted octanol–water partition coefficient (Wildman–Crippen LogP) is 1.59. The van der Waals surface area contributed by atoms with E-state index in [9.17, 15) is 4.79 Å². The van der Waals surface area contributed by atoms with Gasteiger partial charge in [0, 0.05) is 20.2 Å². The molecule has 1 atom stereocenters. The molecule has 0 bridgehead atoms. The molecule has 0 aliphatic heterocycles. The van der Waals surface area contributed by atoms with E-state index in [1.165, 1.54) is 0 Å². The lowest BCUT2D eigenvalue weighted by atomic mass is 10.2. The minimum Gasteiger partial charge on any atom is -0.497 e. The summed E-state index contributed by atoms with van der Waals surface area (Å²) in [6, 6.07) is 5.10. The molecule has 1 aromatic rings. The van der Waals surface area contributed by atoms with E-state index < -0.39 is 0 Å². The van der Waals surface area contributed by atoms with Gasteiger partial charge in [-0.25, -0.2) is 0 Å². The minimum atomic E-state index is -0.317. The molecule has 1 unspecified atom stereocenters. The molecule has 1 rings (SSSR count). The Labute approximate surface area is 108 Å². The maximum absolute atomic E-state index is 11.8. The SMILES string of the molecule is COc1ccc(NC(C)C(=O)N(C)C)c(OC)c1. The second-order valence-electron chi connectivity index (χ2n) is 4.16. The van der Waals surface area contributed by atoms with E-state index in [1.54, 1.807) is 39.3 Å². The lowest BCUT2D eigenvalue weighted by molar-refractivity contribution is -0.129. The Bertz CT molecular complexity index is 419. The van der Waals surface area contributed by atoms with Crippen molar-refractivity contribution in [2.75, 3.05) is 33.6 Å². The van der Waals surface area contributed by atoms with Crippen LogP contribution in [0.15, 0.2) is 18.2 Å². The van der Waals surface area contributed by atoms with Crippen molar-refractivity contribution >= 4 is 11.6 Å². The average Bonchev–Trinajstić information content (AvgIpc) is 2.37. The third-order valence-corrected chi connectivity index (χ3v) is 2.59. The normalized spacial score (nSPS) is 11.6. The Morgan fingerprint density at radius 2 is 1.94 bits per heavy atom. The molecule has 0 heterocycles. The summed E-state index contributed by atoms with van der Waals surface area (Å²) in [5.74, 6) is 1.37. The summed E-state index contributed by atoms with van der Waals surface area (Å²) in [6.45, 7) is 1.81. The van der Waals surface area contributed by atoms with Crippen LogP contribution in [0, 0.1) is 0 Å². The highest BCUT2D eigenvalue weighted by Gasteiger charge is 2.16. The van der Waals surface area contributed by atoms with Gasteiger partial charge in [0.05, 0.1) is 19.9 Å². The molecule has 0 radical (unpaired) electrons. The summed E-state index contributed by atoms with van der Waals surface area (Å²) in [4.78, 5) is 13.3. The standard InChI is InChI=1S/C13H20N2O3/c1-9(13(16)15(2)3)14-11-7-6-10(17-4)8-12(11)18-5/h6-9,14H,1-5H3. The number of carbonyl (C=O) groups excluding carboxylic acids is 1. The molecule has 0 saturated heterocycles. The number of rotatable bonds is 5. The van der Waals surface area contributed by atoms with E-state index in [2.05, 4.69) is 5.32 Å². The molecule has 0 aliphatic carbocycles. The highest BCUT2D eigenvalue weighted by molar-refractivity contribution is 5.84. The first-order valence-electron chi connectivity index (χ1n) is 5.69. The van der Waals surface area contributed by atoms with Crippen LogP contribution in [0.25, 0.3) is 0 Å². The van der Waals surface area contributed by atoms with E-state index in [1.807, 2.05) is 19.1 Å². The fourth-order valence-electron chi connectivity index (χ4n) is 1.60. The monoisotopic (exact) mass is 252 g/mol. The van der Waals surface area contributed by atoms with Gasteiger partial charge in [-0.05, 0) is 19.1 Å². The van der Waals surface area contributed by atoms with E-state index in [4.69, 9.17) is 9.47 Å². The van der Waals surface area contributed by atoms with Gasteiger partial charge in [-0.3, -0.25) is 4.79 Å². The van der Waals surface area contributed by atoms with Gasteiger partial charge >= 0.3 is 0 Å². The number of amides is 1. The zero-order chi connectivity index (χ0) is 13.7. The molecule has 1 aromatic carbocycles. The van der Waals surface area contributed by atoms with Crippen molar-refractivity contribution in [2.45, 2.75) is 13.0 Å². The number of nitrogens with one attached hydrogen (secondary N) is 1. The van der Waals surface area contributed by atoms with Gasteiger partial charge in [0.25, 0.3) is 0 Å². The summed E-state index contributed by atoms with van der Waals surface area (Å²) in [5, 5.41) is 3.12. The quantitative estimate of drug-likeness (QED) is 0.864. The molecule has 1 N–H and O–H groups in total. The fraction of sp³-hybridized carbons (Fsp3) is 0.462. The Kier molecular flexibility index (Phi) is 4.83. The van der Waals surface area contributed by atoms with Gasteiger partial charge in [0.2, 0.25) is 5.91 Å². The molecular formula is C13H20N2O3. The average molecular weight is 252 g/mol. The van der Waals surface area contributed by atoms with Crippen LogP contribution < -0.4 is 14.8 Å². The number of likely N-dealkylation sites (N-methyl/N-ethyl adjacent to an activating group) is 1. The molecule has 0 spiro atoms. The largest absolute Gasteiger partial charge is 0.497 e. The molecular weight excluding hydrogens is 232 g/mol. The van der Waals surface area contributed by atoms with Crippen molar-refractivity contribution in [1.82, 2.24) is 4.90 Å². The summed E-state index contributed by atoms with van der Waals surface area (Å²) in [6.07, 6.45) is 0. The summed E-state index contributed by atoms with van der Waals surface area (Å²) in [7, 11) is 6.63. The molecule has 100 valence electrons. The molecule has 18 heavy (non-hydrogen) atoms. The van der Waals surface area contributed by atoms with Crippen LogP contribution in [0.2, 0.25) is 0 Å². The molecule has 5 nitrogen and oxygen atoms in total. The zero-order valence-electron chi connectivity index (χ0n) is 11.5. The van der Waals surface area contributed by atoms with Gasteiger partial charge in [0.1, 0.15) is 17.5 Å². The summed E-state index contributed by atoms with van der Waals surface area (Å²) >= 11 is 0. The molecule has 0 aliphatic rings. The highest BCUT2D eigenvalue weighted by Crippen LogP contribution is 2.29. The van der Waals surface area contributed by atoms with Crippen molar-refractivity contribution in [1.29, 1.82) is 0 Å². The summed E-state index contributed by atoms with van der Waals surface area (Å²) < 4.78 is 10.4. The van der Waals surface area contributed by atoms with E-state index in [0.29, 0.717) is 11.5 Å². The van der Waals surface area contributed by atoms with Gasteiger partial charge in [-0.15, -0.1) is 0 Å². The van der Waals surface area contributed by atoms with Crippen LogP contribution in [0.3, 0.4) is 0 Å². The third-order valence-electron chi connectivity index (χ3n) is 2.59. The Balaban J connectivity index is 2.87. The second-order valence-corrected chi connectivity index (χ2v) is 4.16. The first kappa shape index (κ1) is 14.2. The lowest BCUT2D eigenvalue weighted by Crippen LogP contribution is -2.36. The summed E-state index contributed by atoms with van der Waals surface area (Å²) in [5.41, 5.74) is 0.765. The van der Waals surface area contributed by atoms with Crippen LogP contribution >= 0.6 is 0 Å². The van der Waals surface area contributed by atoms with Crippen LogP contribution in [0.5, 0.6) is 11.5 Å². The first-order valence-corrected chi connectivity index (χ1v) is 5.69. The molecule has 0 fully saturated rings. The van der Waals surface area contributed by atoms with E-state index in [0.717, 1.165) is 5.69 Å². The van der Waals surface area contributed by atoms with Crippen molar-refractivity contribution in [2.24, 2.45) is 0 Å². The minimum absolute atomic E-state index is 0.00729. The van der Waals surface area contributed by atoms with Gasteiger partial charge < -0.3 is 19.7 Å².